The highest BCUT2D eigenvalue weighted by Gasteiger charge is 2.61. The number of hydrogen-bond donors (Lipinski definition) is 0. The zero-order valence-electron chi connectivity index (χ0n) is 32.2. The van der Waals surface area contributed by atoms with E-state index in [1.54, 1.807) is 0 Å². The molecule has 0 aliphatic rings. The monoisotopic (exact) mass is 677 g/mol. The molecule has 0 aromatic carbocycles. The quantitative estimate of drug-likeness (QED) is 0.0430. The van der Waals surface area contributed by atoms with E-state index in [9.17, 15) is 0 Å². The van der Waals surface area contributed by atoms with Gasteiger partial charge in [-0.2, -0.15) is 0 Å². The van der Waals surface area contributed by atoms with Gasteiger partial charge in [0.15, 0.2) is 0 Å². The molecule has 7 unspecified atom stereocenters. The Morgan fingerprint density at radius 2 is 0.792 bits per heavy atom. The first-order valence-corrected chi connectivity index (χ1v) is 20.7. The van der Waals surface area contributed by atoms with Gasteiger partial charge in [-0.25, -0.2) is 0 Å². The molecule has 3 nitrogen and oxygen atoms in total. The van der Waals surface area contributed by atoms with E-state index in [4.69, 9.17) is 32.5 Å². The third-order valence-corrected chi connectivity index (χ3v) is 13.8. The minimum absolute atomic E-state index is 0.00288. The predicted molar refractivity (Wildman–Crippen MR) is 212 cm³/mol. The van der Waals surface area contributed by atoms with Gasteiger partial charge in [-0.3, -0.25) is 0 Å². The fourth-order valence-corrected chi connectivity index (χ4v) is 10.9. The van der Waals surface area contributed by atoms with Crippen LogP contribution in [0.25, 0.3) is 0 Å². The molecule has 0 amide bonds. The molecule has 270 valence electrons. The average Bonchev–Trinajstić information content (AvgIpc) is 3.08. The van der Waals surface area contributed by atoms with Crippen LogP contribution in [-0.2, 0) is 13.3 Å². The minimum Gasteiger partial charge on any atom is -0.356 e. The maximum Gasteiger partial charge on any atom is 0.508 e. The Bertz CT molecular complexity index is 957. The van der Waals surface area contributed by atoms with Crippen LogP contribution in [0.2, 0.25) is 5.54 Å². The molecule has 0 aromatic rings. The molecule has 0 fully saturated rings. The molecule has 0 aliphatic heterocycles. The Hall–Kier alpha value is -2.26. The fraction of sp³-hybridized carbons (Fsp3) is 0.682. The molecule has 0 rings (SSSR count). The molecule has 0 saturated carbocycles. The zero-order valence-corrected chi connectivity index (χ0v) is 33.2. The van der Waals surface area contributed by atoms with Crippen molar-refractivity contribution >= 4 is 8.80 Å². The Morgan fingerprint density at radius 1 is 0.521 bits per heavy atom. The predicted octanol–water partition coefficient (Wildman–Crippen LogP) is 12.4. The van der Waals surface area contributed by atoms with Gasteiger partial charge >= 0.3 is 8.80 Å². The lowest BCUT2D eigenvalue weighted by molar-refractivity contribution is -0.104. The zero-order chi connectivity index (χ0) is 36.7. The molecule has 0 N–H and O–H groups in total. The van der Waals surface area contributed by atoms with Crippen LogP contribution in [0, 0.1) is 54.8 Å². The van der Waals surface area contributed by atoms with E-state index in [0.29, 0.717) is 25.7 Å². The van der Waals surface area contributed by atoms with Crippen LogP contribution in [0.1, 0.15) is 151 Å². The number of terminal acetylenes is 3. The van der Waals surface area contributed by atoms with E-state index < -0.39 is 25.6 Å². The first-order valence-electron chi connectivity index (χ1n) is 18.9. The van der Waals surface area contributed by atoms with Gasteiger partial charge in [0.05, 0.1) is 0 Å². The van der Waals surface area contributed by atoms with Crippen molar-refractivity contribution in [3.8, 4) is 37.0 Å². The lowest BCUT2D eigenvalue weighted by Crippen LogP contribution is -2.64. The summed E-state index contributed by atoms with van der Waals surface area (Å²) in [6.45, 7) is 31.3. The molecule has 0 bridgehead atoms. The molecule has 48 heavy (non-hydrogen) atoms. The summed E-state index contributed by atoms with van der Waals surface area (Å²) in [5.74, 6) is 9.32. The summed E-state index contributed by atoms with van der Waals surface area (Å²) in [5.41, 5.74) is -3.24. The summed E-state index contributed by atoms with van der Waals surface area (Å²) in [6.07, 6.45) is 41.6. The van der Waals surface area contributed by atoms with Crippen LogP contribution in [0.5, 0.6) is 0 Å². The van der Waals surface area contributed by atoms with Crippen LogP contribution in [0.15, 0.2) is 50.6 Å². The SMILES string of the molecule is C#CC(C)(O[Si](OC(C)(C#C)C(CC=C)CCCC)(OC(C)(C#C)C(CC=C)CCCC)C(CC=C)CCCC)C(CC=C)CCCC. The molecule has 4 heteroatoms. The normalized spacial score (nSPS) is 18.8. The van der Waals surface area contributed by atoms with Gasteiger partial charge in [0, 0.05) is 23.3 Å². The van der Waals surface area contributed by atoms with Crippen LogP contribution in [-0.4, -0.2) is 25.6 Å². The molecule has 0 radical (unpaired) electrons. The molecule has 0 spiro atoms. The van der Waals surface area contributed by atoms with E-state index in [0.717, 1.165) is 77.0 Å². The summed E-state index contributed by atoms with van der Waals surface area (Å²) >= 11 is 0. The summed E-state index contributed by atoms with van der Waals surface area (Å²) in [5, 5.41) is 0. The summed E-state index contributed by atoms with van der Waals surface area (Å²) in [6, 6.07) is 0. The maximum atomic E-state index is 7.58. The number of rotatable bonds is 30. The standard InChI is InChI=1S/C44H72O3Si/c1-15-26-34-38(30-19-5)42(12,23-9)45-48(41(33-22-8)37-29-18-4,46-43(13,24-10)39(31-20-6)35-27-16-2)47-44(14,25-11)40(32-21-7)36-28-17-3/h9-11,19-22,38-41H,5-8,15-18,26-37H2,1-4,12-14H3. The minimum atomic E-state index is -3.95. The number of unbranched alkanes of at least 4 members (excludes halogenated alkanes) is 4. The highest BCUT2D eigenvalue weighted by molar-refractivity contribution is 6.63. The number of hydrogen-bond acceptors (Lipinski definition) is 3. The van der Waals surface area contributed by atoms with Crippen molar-refractivity contribution in [3.05, 3.63) is 50.6 Å². The highest BCUT2D eigenvalue weighted by Crippen LogP contribution is 2.48. The maximum absolute atomic E-state index is 7.58. The van der Waals surface area contributed by atoms with Gasteiger partial charge in [-0.05, 0) is 72.1 Å². The van der Waals surface area contributed by atoms with Crippen molar-refractivity contribution in [3.63, 3.8) is 0 Å². The third kappa shape index (κ3) is 13.6. The topological polar surface area (TPSA) is 27.7 Å². The first-order chi connectivity index (χ1) is 22.9. The van der Waals surface area contributed by atoms with Gasteiger partial charge < -0.3 is 13.3 Å². The third-order valence-electron chi connectivity index (χ3n) is 10.2. The lowest BCUT2D eigenvalue weighted by atomic mass is 9.83. The Balaban J connectivity index is 8.11. The van der Waals surface area contributed by atoms with Crippen molar-refractivity contribution in [1.29, 1.82) is 0 Å². The second kappa shape index (κ2) is 24.0. The summed E-state index contributed by atoms with van der Waals surface area (Å²) in [4.78, 5) is 0. The van der Waals surface area contributed by atoms with Gasteiger partial charge in [0.25, 0.3) is 0 Å². The first kappa shape index (κ1) is 45.7. The molecular formula is C44H72O3Si. The average molecular weight is 677 g/mol. The smallest absolute Gasteiger partial charge is 0.356 e. The summed E-state index contributed by atoms with van der Waals surface area (Å²) < 4.78 is 22.7. The molecule has 0 saturated heterocycles. The second-order valence-electron chi connectivity index (χ2n) is 14.1. The van der Waals surface area contributed by atoms with Crippen molar-refractivity contribution in [1.82, 2.24) is 0 Å². The van der Waals surface area contributed by atoms with E-state index in [1.807, 2.05) is 45.1 Å². The molecule has 0 aromatic heterocycles. The van der Waals surface area contributed by atoms with E-state index >= 15 is 0 Å². The van der Waals surface area contributed by atoms with E-state index in [1.165, 1.54) is 0 Å². The Kier molecular flexibility index (Phi) is 22.9. The molecule has 0 heterocycles. The van der Waals surface area contributed by atoms with Gasteiger partial charge in [0.2, 0.25) is 0 Å². The van der Waals surface area contributed by atoms with Crippen LogP contribution >= 0.6 is 0 Å². The Labute approximate surface area is 300 Å². The van der Waals surface area contributed by atoms with Crippen LogP contribution < -0.4 is 0 Å². The fourth-order valence-electron chi connectivity index (χ4n) is 6.79. The van der Waals surface area contributed by atoms with Crippen LogP contribution in [0.4, 0.5) is 0 Å². The van der Waals surface area contributed by atoms with Gasteiger partial charge in [-0.15, -0.1) is 45.6 Å². The van der Waals surface area contributed by atoms with Crippen LogP contribution in [0.3, 0.4) is 0 Å². The van der Waals surface area contributed by atoms with Crippen molar-refractivity contribution in [2.24, 2.45) is 17.8 Å². The van der Waals surface area contributed by atoms with Crippen molar-refractivity contribution in [2.75, 3.05) is 0 Å². The van der Waals surface area contributed by atoms with Crippen molar-refractivity contribution in [2.45, 2.75) is 174 Å². The second-order valence-corrected chi connectivity index (χ2v) is 16.8. The highest BCUT2D eigenvalue weighted by atomic mass is 28.4. The van der Waals surface area contributed by atoms with Gasteiger partial charge in [0.1, 0.15) is 16.8 Å². The Morgan fingerprint density at radius 3 is 1.02 bits per heavy atom. The van der Waals surface area contributed by atoms with Gasteiger partial charge in [-0.1, -0.05) is 121 Å². The largest absolute Gasteiger partial charge is 0.508 e. The van der Waals surface area contributed by atoms with Crippen molar-refractivity contribution < 1.29 is 13.3 Å². The molecule has 7 atom stereocenters. The molecular weight excluding hydrogens is 605 g/mol. The van der Waals surface area contributed by atoms with E-state index in [-0.39, 0.29) is 23.3 Å². The lowest BCUT2D eigenvalue weighted by Gasteiger charge is -2.51. The number of allylic oxidation sites excluding steroid dienone is 4. The molecule has 0 aliphatic carbocycles. The van der Waals surface area contributed by atoms with E-state index in [2.05, 4.69) is 71.8 Å². The summed E-state index contributed by atoms with van der Waals surface area (Å²) in [7, 11) is -3.95.